The lowest BCUT2D eigenvalue weighted by Gasteiger charge is -2.17. The van der Waals surface area contributed by atoms with Crippen LogP contribution in [0.25, 0.3) is 0 Å². The Morgan fingerprint density at radius 1 is 0.929 bits per heavy atom. The summed E-state index contributed by atoms with van der Waals surface area (Å²) in [6.07, 6.45) is 0.437. The molecule has 0 spiro atoms. The molecule has 28 heavy (non-hydrogen) atoms. The van der Waals surface area contributed by atoms with Crippen LogP contribution < -0.4 is 10.6 Å². The van der Waals surface area contributed by atoms with Gasteiger partial charge in [0.25, 0.3) is 0 Å². The Labute approximate surface area is 168 Å². The van der Waals surface area contributed by atoms with Gasteiger partial charge in [-0.3, -0.25) is 9.59 Å². The predicted molar refractivity (Wildman–Crippen MR) is 112 cm³/mol. The summed E-state index contributed by atoms with van der Waals surface area (Å²) >= 11 is 1.35. The van der Waals surface area contributed by atoms with Gasteiger partial charge in [0.15, 0.2) is 0 Å². The summed E-state index contributed by atoms with van der Waals surface area (Å²) in [7, 11) is 0. The molecule has 0 radical (unpaired) electrons. The Morgan fingerprint density at radius 2 is 1.57 bits per heavy atom. The van der Waals surface area contributed by atoms with E-state index in [4.69, 9.17) is 5.11 Å². The van der Waals surface area contributed by atoms with Crippen LogP contribution in [-0.2, 0) is 9.59 Å². The van der Waals surface area contributed by atoms with Crippen LogP contribution in [0.1, 0.15) is 37.6 Å². The van der Waals surface area contributed by atoms with E-state index < -0.39 is 5.97 Å². The number of nitrogens with one attached hydrogen (secondary N) is 2. The molecule has 0 aliphatic carbocycles. The van der Waals surface area contributed by atoms with Crippen molar-refractivity contribution in [3.05, 3.63) is 54.1 Å². The Morgan fingerprint density at radius 3 is 2.18 bits per heavy atom. The molecular formula is C21H24N2O4S. The van der Waals surface area contributed by atoms with E-state index in [1.807, 2.05) is 32.9 Å². The molecule has 0 saturated heterocycles. The molecule has 0 aromatic heterocycles. The molecule has 0 atom stereocenters. The average molecular weight is 401 g/mol. The summed E-state index contributed by atoms with van der Waals surface area (Å²) in [6, 6.07) is 13.4. The maximum Gasteiger partial charge on any atom is 0.335 e. The number of carbonyl (C=O) groups excluding carboxylic acids is 2. The van der Waals surface area contributed by atoms with Crippen molar-refractivity contribution in [3.8, 4) is 0 Å². The van der Waals surface area contributed by atoms with Crippen molar-refractivity contribution < 1.29 is 19.5 Å². The fourth-order valence-electron chi connectivity index (χ4n) is 2.40. The van der Waals surface area contributed by atoms with Crippen molar-refractivity contribution in [1.82, 2.24) is 0 Å². The lowest BCUT2D eigenvalue weighted by atomic mass is 9.92. The van der Waals surface area contributed by atoms with Crippen molar-refractivity contribution >= 4 is 40.9 Å². The number of hydrogen-bond acceptors (Lipinski definition) is 4. The molecule has 2 amide bonds. The molecule has 2 aromatic rings. The van der Waals surface area contributed by atoms with Gasteiger partial charge < -0.3 is 15.7 Å². The molecular weight excluding hydrogens is 376 g/mol. The topological polar surface area (TPSA) is 95.5 Å². The van der Waals surface area contributed by atoms with Crippen LogP contribution in [0.5, 0.6) is 0 Å². The van der Waals surface area contributed by atoms with Crippen LogP contribution in [0.4, 0.5) is 11.4 Å². The second-order valence-corrected chi connectivity index (χ2v) is 8.58. The number of rotatable bonds is 7. The van der Waals surface area contributed by atoms with Gasteiger partial charge in [0.05, 0.1) is 11.3 Å². The first-order chi connectivity index (χ1) is 13.1. The minimum atomic E-state index is -1.04. The number of aromatic carboxylic acids is 1. The van der Waals surface area contributed by atoms with Gasteiger partial charge in [0.1, 0.15) is 0 Å². The Balaban J connectivity index is 1.84. The van der Waals surface area contributed by atoms with E-state index in [0.717, 1.165) is 4.90 Å². The highest BCUT2D eigenvalue weighted by molar-refractivity contribution is 8.00. The summed E-state index contributed by atoms with van der Waals surface area (Å²) in [4.78, 5) is 35.9. The Kier molecular flexibility index (Phi) is 7.23. The normalized spacial score (nSPS) is 11.0. The third-order valence-electron chi connectivity index (χ3n) is 3.59. The number of amides is 2. The number of hydrogen-bond donors (Lipinski definition) is 3. The first-order valence-corrected chi connectivity index (χ1v) is 9.77. The number of carboxylic acids is 1. The fraction of sp³-hybridized carbons (Fsp3) is 0.286. The first kappa shape index (κ1) is 21.5. The highest BCUT2D eigenvalue weighted by Gasteiger charge is 2.16. The van der Waals surface area contributed by atoms with Crippen molar-refractivity contribution in [2.45, 2.75) is 32.1 Å². The SMILES string of the molecule is CC(C)(C)CC(=O)Nc1ccc(SCC(=O)Nc2cccc(C(=O)O)c2)cc1. The Hall–Kier alpha value is -2.80. The molecule has 0 aliphatic rings. The highest BCUT2D eigenvalue weighted by Crippen LogP contribution is 2.23. The molecule has 2 aromatic carbocycles. The molecule has 2 rings (SSSR count). The minimum Gasteiger partial charge on any atom is -0.478 e. The molecule has 0 fully saturated rings. The van der Waals surface area contributed by atoms with E-state index in [1.165, 1.54) is 23.9 Å². The van der Waals surface area contributed by atoms with Gasteiger partial charge in [0, 0.05) is 22.7 Å². The van der Waals surface area contributed by atoms with E-state index in [1.54, 1.807) is 24.3 Å². The molecule has 6 nitrogen and oxygen atoms in total. The smallest absolute Gasteiger partial charge is 0.335 e. The van der Waals surface area contributed by atoms with Gasteiger partial charge in [-0.05, 0) is 47.9 Å². The van der Waals surface area contributed by atoms with Crippen LogP contribution in [-0.4, -0.2) is 28.6 Å². The second-order valence-electron chi connectivity index (χ2n) is 7.53. The molecule has 0 heterocycles. The van der Waals surface area contributed by atoms with Gasteiger partial charge in [-0.15, -0.1) is 11.8 Å². The molecule has 3 N–H and O–H groups in total. The average Bonchev–Trinajstić information content (AvgIpc) is 2.59. The quantitative estimate of drug-likeness (QED) is 0.595. The van der Waals surface area contributed by atoms with Crippen LogP contribution in [0.15, 0.2) is 53.4 Å². The maximum absolute atomic E-state index is 12.1. The number of thioether (sulfide) groups is 1. The molecule has 148 valence electrons. The second kappa shape index (κ2) is 9.41. The van der Waals surface area contributed by atoms with Crippen molar-refractivity contribution in [2.75, 3.05) is 16.4 Å². The third kappa shape index (κ3) is 7.44. The fourth-order valence-corrected chi connectivity index (χ4v) is 3.10. The van der Waals surface area contributed by atoms with E-state index >= 15 is 0 Å². The summed E-state index contributed by atoms with van der Waals surface area (Å²) < 4.78 is 0. The van der Waals surface area contributed by atoms with Crippen LogP contribution in [0, 0.1) is 5.41 Å². The highest BCUT2D eigenvalue weighted by atomic mass is 32.2. The number of carboxylic acid groups (broad SMARTS) is 1. The number of benzene rings is 2. The molecule has 7 heteroatoms. The zero-order valence-corrected chi connectivity index (χ0v) is 16.9. The van der Waals surface area contributed by atoms with Gasteiger partial charge in [-0.2, -0.15) is 0 Å². The molecule has 0 bridgehead atoms. The zero-order valence-electron chi connectivity index (χ0n) is 16.1. The summed E-state index contributed by atoms with van der Waals surface area (Å²) in [5.74, 6) is -1.11. The summed E-state index contributed by atoms with van der Waals surface area (Å²) in [6.45, 7) is 6.03. The summed E-state index contributed by atoms with van der Waals surface area (Å²) in [5, 5.41) is 14.5. The lowest BCUT2D eigenvalue weighted by Crippen LogP contribution is -2.19. The maximum atomic E-state index is 12.1. The first-order valence-electron chi connectivity index (χ1n) is 8.78. The van der Waals surface area contributed by atoms with E-state index in [-0.39, 0.29) is 28.5 Å². The largest absolute Gasteiger partial charge is 0.478 e. The van der Waals surface area contributed by atoms with Gasteiger partial charge in [0.2, 0.25) is 11.8 Å². The Bertz CT molecular complexity index is 857. The third-order valence-corrected chi connectivity index (χ3v) is 4.60. The van der Waals surface area contributed by atoms with Gasteiger partial charge in [-0.25, -0.2) is 4.79 Å². The predicted octanol–water partition coefficient (Wildman–Crippen LogP) is 4.49. The van der Waals surface area contributed by atoms with Crippen LogP contribution >= 0.6 is 11.8 Å². The van der Waals surface area contributed by atoms with E-state index in [2.05, 4.69) is 10.6 Å². The van der Waals surface area contributed by atoms with Crippen molar-refractivity contribution in [3.63, 3.8) is 0 Å². The number of carbonyl (C=O) groups is 3. The minimum absolute atomic E-state index is 0.0316. The molecule has 0 unspecified atom stereocenters. The zero-order chi connectivity index (χ0) is 20.7. The van der Waals surface area contributed by atoms with Gasteiger partial charge in [-0.1, -0.05) is 26.8 Å². The monoisotopic (exact) mass is 400 g/mol. The molecule has 0 aliphatic heterocycles. The summed E-state index contributed by atoms with van der Waals surface area (Å²) in [5.41, 5.74) is 1.21. The van der Waals surface area contributed by atoms with E-state index in [0.29, 0.717) is 17.8 Å². The van der Waals surface area contributed by atoms with Crippen LogP contribution in [0.3, 0.4) is 0 Å². The standard InChI is InChI=1S/C21H24N2O4S/c1-21(2,3)12-18(24)22-15-7-9-17(10-8-15)28-13-19(25)23-16-6-4-5-14(11-16)20(26)27/h4-11H,12-13H2,1-3H3,(H,22,24)(H,23,25)(H,26,27). The molecule has 0 saturated carbocycles. The number of anilines is 2. The van der Waals surface area contributed by atoms with E-state index in [9.17, 15) is 14.4 Å². The lowest BCUT2D eigenvalue weighted by molar-refractivity contribution is -0.118. The van der Waals surface area contributed by atoms with Crippen molar-refractivity contribution in [2.24, 2.45) is 5.41 Å². The van der Waals surface area contributed by atoms with Crippen molar-refractivity contribution in [1.29, 1.82) is 0 Å². The van der Waals surface area contributed by atoms with Crippen LogP contribution in [0.2, 0.25) is 0 Å². The van der Waals surface area contributed by atoms with Gasteiger partial charge >= 0.3 is 5.97 Å².